The molecule has 0 bridgehead atoms. The third kappa shape index (κ3) is 1.46. The molecule has 3 aromatic carbocycles. The van der Waals surface area contributed by atoms with E-state index < -0.39 is 0 Å². The molecule has 106 valence electrons. The fraction of sp³-hybridized carbons (Fsp3) is 0. The molecular formula is C18H10Cl2N2. The van der Waals surface area contributed by atoms with E-state index >= 15 is 0 Å². The summed E-state index contributed by atoms with van der Waals surface area (Å²) in [5, 5.41) is 5.83. The van der Waals surface area contributed by atoms with Crippen molar-refractivity contribution in [2.45, 2.75) is 0 Å². The Morgan fingerprint density at radius 1 is 0.500 bits per heavy atom. The van der Waals surface area contributed by atoms with E-state index in [2.05, 4.69) is 22.1 Å². The molecule has 0 aliphatic carbocycles. The molecule has 5 rings (SSSR count). The molecule has 2 N–H and O–H groups in total. The lowest BCUT2D eigenvalue weighted by atomic mass is 10.1. The smallest absolute Gasteiger partial charge is 0.0506 e. The Hall–Kier alpha value is -2.16. The minimum absolute atomic E-state index is 0.748. The zero-order valence-corrected chi connectivity index (χ0v) is 12.9. The van der Waals surface area contributed by atoms with Crippen LogP contribution in [0.5, 0.6) is 0 Å². The van der Waals surface area contributed by atoms with Gasteiger partial charge in [0, 0.05) is 43.6 Å². The van der Waals surface area contributed by atoms with Crippen LogP contribution < -0.4 is 0 Å². The van der Waals surface area contributed by atoms with Crippen molar-refractivity contribution in [3.05, 3.63) is 58.6 Å². The van der Waals surface area contributed by atoms with E-state index in [1.54, 1.807) is 0 Å². The van der Waals surface area contributed by atoms with Crippen molar-refractivity contribution >= 4 is 66.8 Å². The topological polar surface area (TPSA) is 31.6 Å². The van der Waals surface area contributed by atoms with Crippen LogP contribution in [0.2, 0.25) is 10.0 Å². The van der Waals surface area contributed by atoms with Crippen LogP contribution in [-0.2, 0) is 0 Å². The molecule has 0 atom stereocenters. The minimum Gasteiger partial charge on any atom is -0.354 e. The maximum absolute atomic E-state index is 6.47. The van der Waals surface area contributed by atoms with Crippen molar-refractivity contribution in [3.63, 3.8) is 0 Å². The van der Waals surface area contributed by atoms with Crippen LogP contribution in [0.25, 0.3) is 43.6 Å². The number of hydrogen-bond acceptors (Lipinski definition) is 0. The van der Waals surface area contributed by atoms with Crippen LogP contribution >= 0.6 is 23.2 Å². The molecule has 2 nitrogen and oxygen atoms in total. The van der Waals surface area contributed by atoms with Gasteiger partial charge in [-0.25, -0.2) is 0 Å². The number of aromatic amines is 2. The highest BCUT2D eigenvalue weighted by molar-refractivity contribution is 6.43. The molecule has 4 heteroatoms. The Morgan fingerprint density at radius 3 is 1.36 bits per heavy atom. The van der Waals surface area contributed by atoms with Crippen LogP contribution in [0.1, 0.15) is 0 Å². The van der Waals surface area contributed by atoms with Gasteiger partial charge in [-0.1, -0.05) is 35.3 Å². The van der Waals surface area contributed by atoms with Crippen LogP contribution in [0.4, 0.5) is 0 Å². The van der Waals surface area contributed by atoms with Crippen LogP contribution in [0.3, 0.4) is 0 Å². The number of rotatable bonds is 0. The number of fused-ring (bicyclic) bond motifs is 7. The van der Waals surface area contributed by atoms with Gasteiger partial charge in [0.15, 0.2) is 0 Å². The van der Waals surface area contributed by atoms with Gasteiger partial charge in [0.1, 0.15) is 0 Å². The molecule has 0 aliphatic rings. The normalized spacial score (nSPS) is 12.1. The number of H-pyrrole nitrogens is 2. The van der Waals surface area contributed by atoms with Gasteiger partial charge in [0.25, 0.3) is 0 Å². The molecule has 2 aromatic heterocycles. The second-order valence-corrected chi connectivity index (χ2v) is 6.30. The van der Waals surface area contributed by atoms with E-state index in [1.165, 1.54) is 0 Å². The molecule has 5 aromatic rings. The van der Waals surface area contributed by atoms with Crippen molar-refractivity contribution in [1.82, 2.24) is 9.97 Å². The minimum atomic E-state index is 0.748. The first-order chi connectivity index (χ1) is 10.7. The lowest BCUT2D eigenvalue weighted by Crippen LogP contribution is -1.73. The molecule has 0 amide bonds. The highest BCUT2D eigenvalue weighted by Gasteiger charge is 2.15. The summed E-state index contributed by atoms with van der Waals surface area (Å²) >= 11 is 12.9. The molecule has 0 fully saturated rings. The molecule has 22 heavy (non-hydrogen) atoms. The highest BCUT2D eigenvalue weighted by atomic mass is 35.5. The second-order valence-electron chi connectivity index (χ2n) is 5.49. The molecule has 0 spiro atoms. The second kappa shape index (κ2) is 4.19. The van der Waals surface area contributed by atoms with Crippen molar-refractivity contribution in [1.29, 1.82) is 0 Å². The van der Waals surface area contributed by atoms with Crippen molar-refractivity contribution in [3.8, 4) is 0 Å². The third-order valence-electron chi connectivity index (χ3n) is 4.27. The number of hydrogen-bond donors (Lipinski definition) is 2. The Morgan fingerprint density at radius 2 is 0.909 bits per heavy atom. The summed E-state index contributed by atoms with van der Waals surface area (Å²) in [7, 11) is 0. The summed E-state index contributed by atoms with van der Waals surface area (Å²) < 4.78 is 0. The van der Waals surface area contributed by atoms with Crippen molar-refractivity contribution in [2.24, 2.45) is 0 Å². The van der Waals surface area contributed by atoms with Gasteiger partial charge >= 0.3 is 0 Å². The van der Waals surface area contributed by atoms with Gasteiger partial charge < -0.3 is 9.97 Å². The van der Waals surface area contributed by atoms with E-state index in [0.29, 0.717) is 0 Å². The summed E-state index contributed by atoms with van der Waals surface area (Å²) in [6.07, 6.45) is 0. The van der Waals surface area contributed by atoms with Crippen molar-refractivity contribution < 1.29 is 0 Å². The van der Waals surface area contributed by atoms with Gasteiger partial charge in [-0.05, 0) is 36.4 Å². The fourth-order valence-corrected chi connectivity index (χ4v) is 3.92. The fourth-order valence-electron chi connectivity index (χ4n) is 3.39. The molecule has 0 aliphatic heterocycles. The number of halogens is 2. The monoisotopic (exact) mass is 324 g/mol. The van der Waals surface area contributed by atoms with E-state index in [-0.39, 0.29) is 0 Å². The van der Waals surface area contributed by atoms with Gasteiger partial charge in [-0.3, -0.25) is 0 Å². The molecule has 0 radical (unpaired) electrons. The Kier molecular flexibility index (Phi) is 2.36. The van der Waals surface area contributed by atoms with Gasteiger partial charge in [-0.2, -0.15) is 0 Å². The predicted octanol–water partition coefficient (Wildman–Crippen LogP) is 6.26. The molecule has 0 saturated carbocycles. The maximum atomic E-state index is 6.47. The summed E-state index contributed by atoms with van der Waals surface area (Å²) in [5.74, 6) is 0. The number of aromatic nitrogens is 2. The van der Waals surface area contributed by atoms with Gasteiger partial charge in [0.2, 0.25) is 0 Å². The van der Waals surface area contributed by atoms with Crippen LogP contribution in [0, 0.1) is 0 Å². The van der Waals surface area contributed by atoms with Crippen LogP contribution in [0.15, 0.2) is 48.5 Å². The van der Waals surface area contributed by atoms with E-state index in [1.807, 2.05) is 36.4 Å². The first kappa shape index (κ1) is 12.4. The molecule has 2 heterocycles. The standard InChI is InChI=1S/C18H10Cl2N2/c19-9-3-1-5-11-15(9)17-13(21-11)7-8-14-18(17)16-10(20)4-2-6-12(16)22-14/h1-8,21-22H. The number of benzene rings is 3. The van der Waals surface area contributed by atoms with E-state index in [9.17, 15) is 0 Å². The van der Waals surface area contributed by atoms with E-state index in [0.717, 1.165) is 53.7 Å². The highest BCUT2D eigenvalue weighted by Crippen LogP contribution is 2.41. The zero-order chi connectivity index (χ0) is 14.8. The summed E-state index contributed by atoms with van der Waals surface area (Å²) in [6, 6.07) is 16.0. The maximum Gasteiger partial charge on any atom is 0.0506 e. The molecule has 0 unspecified atom stereocenters. The lowest BCUT2D eigenvalue weighted by molar-refractivity contribution is 1.53. The van der Waals surface area contributed by atoms with Crippen molar-refractivity contribution in [2.75, 3.05) is 0 Å². The van der Waals surface area contributed by atoms with Gasteiger partial charge in [0.05, 0.1) is 10.0 Å². The average molecular weight is 325 g/mol. The lowest BCUT2D eigenvalue weighted by Gasteiger charge is -1.99. The average Bonchev–Trinajstić information content (AvgIpc) is 3.05. The SMILES string of the molecule is Clc1cccc2[nH]c3ccc4[nH]c5cccc(Cl)c5c4c3c12. The summed E-state index contributed by atoms with van der Waals surface area (Å²) in [5.41, 5.74) is 4.21. The van der Waals surface area contributed by atoms with Crippen LogP contribution in [-0.4, -0.2) is 9.97 Å². The predicted molar refractivity (Wildman–Crippen MR) is 95.2 cm³/mol. The zero-order valence-electron chi connectivity index (χ0n) is 11.4. The Labute approximate surface area is 135 Å². The first-order valence-corrected chi connectivity index (χ1v) is 7.78. The third-order valence-corrected chi connectivity index (χ3v) is 4.90. The van der Waals surface area contributed by atoms with Gasteiger partial charge in [-0.15, -0.1) is 0 Å². The quantitative estimate of drug-likeness (QED) is 0.337. The summed E-state index contributed by atoms with van der Waals surface area (Å²) in [4.78, 5) is 6.89. The first-order valence-electron chi connectivity index (χ1n) is 7.03. The summed E-state index contributed by atoms with van der Waals surface area (Å²) in [6.45, 7) is 0. The van der Waals surface area contributed by atoms with E-state index in [4.69, 9.17) is 23.2 Å². The Bertz CT molecular complexity index is 1100. The largest absolute Gasteiger partial charge is 0.354 e. The Balaban J connectivity index is 2.20. The number of nitrogens with one attached hydrogen (secondary N) is 2. The molecular weight excluding hydrogens is 315 g/mol. The molecule has 0 saturated heterocycles.